The van der Waals surface area contributed by atoms with Crippen LogP contribution in [-0.4, -0.2) is 18.1 Å². The Kier molecular flexibility index (Phi) is 9.33. The predicted molar refractivity (Wildman–Crippen MR) is 116 cm³/mol. The zero-order valence-corrected chi connectivity index (χ0v) is 16.7. The van der Waals surface area contributed by atoms with Gasteiger partial charge in [-0.25, -0.2) is 0 Å². The molecule has 2 nitrogen and oxygen atoms in total. The lowest BCUT2D eigenvalue weighted by Crippen LogP contribution is -2.04. The number of hydrogen-bond donors (Lipinski definition) is 2. The van der Waals surface area contributed by atoms with Gasteiger partial charge < -0.3 is 5.32 Å². The fraction of sp³-hybridized carbons (Fsp3) is 0.435. The maximum Gasteiger partial charge on any atom is 0.193 e. The average Bonchev–Trinajstić information content (AvgIpc) is 2.69. The molecule has 0 aliphatic carbocycles. The molecule has 0 aliphatic heterocycles. The summed E-state index contributed by atoms with van der Waals surface area (Å²) in [5, 5.41) is 3.42. The zero-order chi connectivity index (χ0) is 18.6. The molecule has 1 N–H and O–H groups in total. The summed E-state index contributed by atoms with van der Waals surface area (Å²) in [6.45, 7) is 3.17. The second-order valence-corrected chi connectivity index (χ2v) is 7.22. The van der Waals surface area contributed by atoms with E-state index < -0.39 is 0 Å². The second kappa shape index (κ2) is 11.8. The first kappa shape index (κ1) is 20.6. The lowest BCUT2D eigenvalue weighted by Gasteiger charge is -2.08. The third-order valence-electron chi connectivity index (χ3n) is 4.60. The van der Waals surface area contributed by atoms with Crippen LogP contribution in [0.4, 0.5) is 5.69 Å². The Morgan fingerprint density at radius 1 is 0.846 bits per heavy atom. The molecule has 2 aromatic rings. The lowest BCUT2D eigenvalue weighted by molar-refractivity contribution is 0.103. The van der Waals surface area contributed by atoms with Crippen LogP contribution in [0.2, 0.25) is 0 Å². The quantitative estimate of drug-likeness (QED) is 0.266. The summed E-state index contributed by atoms with van der Waals surface area (Å²) >= 11 is 4.23. The second-order valence-electron chi connectivity index (χ2n) is 6.77. The molecule has 0 saturated carbocycles. The van der Waals surface area contributed by atoms with E-state index in [0.29, 0.717) is 0 Å². The van der Waals surface area contributed by atoms with Crippen molar-refractivity contribution >= 4 is 24.1 Å². The van der Waals surface area contributed by atoms with Gasteiger partial charge in [-0.3, -0.25) is 4.79 Å². The number of rotatable bonds is 12. The van der Waals surface area contributed by atoms with Gasteiger partial charge in [0.2, 0.25) is 0 Å². The molecule has 0 saturated heterocycles. The van der Waals surface area contributed by atoms with Gasteiger partial charge in [-0.2, -0.15) is 12.6 Å². The number of hydrogen-bond acceptors (Lipinski definition) is 3. The van der Waals surface area contributed by atoms with Crippen LogP contribution in [-0.2, 0) is 6.42 Å². The number of carbonyl (C=O) groups excluding carboxylic acids is 1. The third-order valence-corrected chi connectivity index (χ3v) is 4.91. The Balaban J connectivity index is 1.84. The summed E-state index contributed by atoms with van der Waals surface area (Å²) in [7, 11) is 0. The molecule has 0 aliphatic rings. The molecule has 0 heterocycles. The van der Waals surface area contributed by atoms with Gasteiger partial charge in [-0.05, 0) is 61.3 Å². The van der Waals surface area contributed by atoms with E-state index in [-0.39, 0.29) is 5.78 Å². The predicted octanol–water partition coefficient (Wildman–Crippen LogP) is 6.16. The molecule has 2 aromatic carbocycles. The Morgan fingerprint density at radius 2 is 1.46 bits per heavy atom. The van der Waals surface area contributed by atoms with E-state index >= 15 is 0 Å². The first-order chi connectivity index (χ1) is 12.7. The Morgan fingerprint density at radius 3 is 2.08 bits per heavy atom. The minimum atomic E-state index is 0.0883. The zero-order valence-electron chi connectivity index (χ0n) is 15.8. The van der Waals surface area contributed by atoms with Gasteiger partial charge in [0.1, 0.15) is 0 Å². The van der Waals surface area contributed by atoms with Gasteiger partial charge in [-0.1, -0.05) is 50.5 Å². The molecule has 0 amide bonds. The standard InChI is InChI=1S/C23H31NOS/c1-2-3-8-19-9-11-20(12-10-19)23(25)21-13-15-22(16-14-21)24-17-6-4-5-7-18-26/h9-16,24,26H,2-8,17-18H2,1H3. The number of carbonyl (C=O) groups is 1. The van der Waals surface area contributed by atoms with Gasteiger partial charge in [0.25, 0.3) is 0 Å². The van der Waals surface area contributed by atoms with E-state index in [0.717, 1.165) is 35.5 Å². The number of ketones is 1. The van der Waals surface area contributed by atoms with Crippen molar-refractivity contribution in [3.8, 4) is 0 Å². The van der Waals surface area contributed by atoms with Crippen molar-refractivity contribution in [2.24, 2.45) is 0 Å². The van der Waals surface area contributed by atoms with Crippen LogP contribution in [0.15, 0.2) is 48.5 Å². The molecule has 0 atom stereocenters. The Hall–Kier alpha value is -1.74. The first-order valence-corrected chi connectivity index (χ1v) is 10.5. The minimum Gasteiger partial charge on any atom is -0.385 e. The van der Waals surface area contributed by atoms with Gasteiger partial charge in [0.05, 0.1) is 0 Å². The van der Waals surface area contributed by atoms with Crippen molar-refractivity contribution in [1.29, 1.82) is 0 Å². The molecule has 0 bridgehead atoms. The van der Waals surface area contributed by atoms with E-state index in [1.807, 2.05) is 36.4 Å². The summed E-state index contributed by atoms with van der Waals surface area (Å²) in [6, 6.07) is 15.9. The maximum atomic E-state index is 12.6. The Bertz CT molecular complexity index is 649. The van der Waals surface area contributed by atoms with E-state index in [1.165, 1.54) is 44.1 Å². The smallest absolute Gasteiger partial charge is 0.193 e. The largest absolute Gasteiger partial charge is 0.385 e. The van der Waals surface area contributed by atoms with Crippen LogP contribution in [0.3, 0.4) is 0 Å². The van der Waals surface area contributed by atoms with Crippen molar-refractivity contribution in [2.75, 3.05) is 17.6 Å². The highest BCUT2D eigenvalue weighted by atomic mass is 32.1. The summed E-state index contributed by atoms with van der Waals surface area (Å²) < 4.78 is 0. The van der Waals surface area contributed by atoms with Gasteiger partial charge in [0, 0.05) is 23.4 Å². The Labute approximate surface area is 163 Å². The van der Waals surface area contributed by atoms with Crippen LogP contribution in [0, 0.1) is 0 Å². The monoisotopic (exact) mass is 369 g/mol. The van der Waals surface area contributed by atoms with Crippen molar-refractivity contribution in [3.05, 3.63) is 65.2 Å². The molecule has 0 unspecified atom stereocenters. The molecule has 0 radical (unpaired) electrons. The number of benzene rings is 2. The molecule has 3 heteroatoms. The van der Waals surface area contributed by atoms with Crippen LogP contribution < -0.4 is 5.32 Å². The lowest BCUT2D eigenvalue weighted by atomic mass is 10.0. The minimum absolute atomic E-state index is 0.0883. The molecular formula is C23H31NOS. The molecule has 0 aromatic heterocycles. The fourth-order valence-corrected chi connectivity index (χ4v) is 3.16. The summed E-state index contributed by atoms with van der Waals surface area (Å²) in [5.74, 6) is 1.06. The highest BCUT2D eigenvalue weighted by molar-refractivity contribution is 7.80. The highest BCUT2D eigenvalue weighted by Crippen LogP contribution is 2.16. The molecule has 140 valence electrons. The van der Waals surface area contributed by atoms with Gasteiger partial charge in [0.15, 0.2) is 5.78 Å². The van der Waals surface area contributed by atoms with Crippen LogP contribution in [0.25, 0.3) is 0 Å². The van der Waals surface area contributed by atoms with E-state index in [9.17, 15) is 4.79 Å². The van der Waals surface area contributed by atoms with E-state index in [4.69, 9.17) is 0 Å². The molecular weight excluding hydrogens is 338 g/mol. The van der Waals surface area contributed by atoms with E-state index in [1.54, 1.807) is 0 Å². The topological polar surface area (TPSA) is 29.1 Å². The fourth-order valence-electron chi connectivity index (χ4n) is 2.93. The summed E-state index contributed by atoms with van der Waals surface area (Å²) in [6.07, 6.45) is 8.31. The molecule has 0 fully saturated rings. The highest BCUT2D eigenvalue weighted by Gasteiger charge is 2.09. The van der Waals surface area contributed by atoms with Crippen molar-refractivity contribution < 1.29 is 4.79 Å². The van der Waals surface area contributed by atoms with Crippen LogP contribution in [0.5, 0.6) is 0 Å². The molecule has 2 rings (SSSR count). The van der Waals surface area contributed by atoms with Crippen molar-refractivity contribution in [3.63, 3.8) is 0 Å². The van der Waals surface area contributed by atoms with Crippen molar-refractivity contribution in [1.82, 2.24) is 0 Å². The van der Waals surface area contributed by atoms with E-state index in [2.05, 4.69) is 37.0 Å². The molecule has 26 heavy (non-hydrogen) atoms. The van der Waals surface area contributed by atoms with Crippen LogP contribution in [0.1, 0.15) is 66.9 Å². The van der Waals surface area contributed by atoms with Crippen molar-refractivity contribution in [2.45, 2.75) is 51.9 Å². The summed E-state index contributed by atoms with van der Waals surface area (Å²) in [4.78, 5) is 12.6. The SMILES string of the molecule is CCCCc1ccc(C(=O)c2ccc(NCCCCCCS)cc2)cc1. The number of anilines is 1. The number of unbranched alkanes of at least 4 members (excludes halogenated alkanes) is 4. The third kappa shape index (κ3) is 6.87. The average molecular weight is 370 g/mol. The van der Waals surface area contributed by atoms with Crippen LogP contribution >= 0.6 is 12.6 Å². The number of aryl methyl sites for hydroxylation is 1. The van der Waals surface area contributed by atoms with Gasteiger partial charge >= 0.3 is 0 Å². The normalized spacial score (nSPS) is 10.7. The molecule has 0 spiro atoms. The number of thiol groups is 1. The summed E-state index contributed by atoms with van der Waals surface area (Å²) in [5.41, 5.74) is 3.88. The van der Waals surface area contributed by atoms with Gasteiger partial charge in [-0.15, -0.1) is 0 Å². The number of nitrogens with one attached hydrogen (secondary N) is 1. The first-order valence-electron chi connectivity index (χ1n) is 9.83. The maximum absolute atomic E-state index is 12.6.